The summed E-state index contributed by atoms with van der Waals surface area (Å²) in [7, 11) is 0. The second kappa shape index (κ2) is 4.68. The molecule has 0 spiro atoms. The summed E-state index contributed by atoms with van der Waals surface area (Å²) in [6, 6.07) is 4.83. The predicted octanol–water partition coefficient (Wildman–Crippen LogP) is 2.05. The maximum atomic E-state index is 11.7. The van der Waals surface area contributed by atoms with E-state index < -0.39 is 5.69 Å². The van der Waals surface area contributed by atoms with E-state index in [0.29, 0.717) is 14.9 Å². The third kappa shape index (κ3) is 2.92. The number of aryl methyl sites for hydroxylation is 1. The quantitative estimate of drug-likeness (QED) is 0.876. The largest absolute Gasteiger partial charge is 0.347 e. The van der Waals surface area contributed by atoms with E-state index in [9.17, 15) is 9.59 Å². The fraction of sp³-hybridized carbons (Fsp3) is 0.100. The van der Waals surface area contributed by atoms with E-state index in [1.165, 1.54) is 0 Å². The lowest BCUT2D eigenvalue weighted by Crippen LogP contribution is -2.18. The van der Waals surface area contributed by atoms with Gasteiger partial charge in [0.1, 0.15) is 5.82 Å². The number of nitrogens with one attached hydrogen (secondary N) is 2. The first kappa shape index (κ1) is 11.8. The first-order valence-electron chi connectivity index (χ1n) is 4.69. The highest BCUT2D eigenvalue weighted by atomic mass is 35.5. The minimum atomic E-state index is -0.496. The Morgan fingerprint density at radius 3 is 2.88 bits per heavy atom. The number of hydrogen-bond donors (Lipinski definition) is 2. The molecule has 2 aromatic rings. The van der Waals surface area contributed by atoms with Crippen LogP contribution in [0.3, 0.4) is 0 Å². The summed E-state index contributed by atoms with van der Waals surface area (Å²) in [6.07, 6.45) is 0. The molecule has 2 heterocycles. The van der Waals surface area contributed by atoms with Gasteiger partial charge in [0.25, 0.3) is 5.91 Å². The molecule has 0 bridgehead atoms. The van der Waals surface area contributed by atoms with Crippen LogP contribution in [0.4, 0.5) is 5.82 Å². The van der Waals surface area contributed by atoms with Crippen molar-refractivity contribution in [1.29, 1.82) is 0 Å². The van der Waals surface area contributed by atoms with Crippen molar-refractivity contribution >= 4 is 34.7 Å². The Bertz CT molecular complexity index is 620. The zero-order valence-electron chi connectivity index (χ0n) is 8.78. The molecule has 0 fully saturated rings. The fourth-order valence-corrected chi connectivity index (χ4v) is 2.20. The summed E-state index contributed by atoms with van der Waals surface area (Å²) in [6.45, 7) is 1.71. The topological polar surface area (TPSA) is 74.8 Å². The molecular weight excluding hydrogens is 262 g/mol. The Balaban J connectivity index is 2.21. The second-order valence-corrected chi connectivity index (χ2v) is 5.03. The number of thiophene rings is 1. The Hall–Kier alpha value is -1.66. The van der Waals surface area contributed by atoms with E-state index in [2.05, 4.69) is 15.3 Å². The van der Waals surface area contributed by atoms with Gasteiger partial charge in [-0.05, 0) is 19.1 Å². The van der Waals surface area contributed by atoms with Crippen LogP contribution >= 0.6 is 22.9 Å². The second-order valence-electron chi connectivity index (χ2n) is 3.31. The number of aromatic nitrogens is 2. The Morgan fingerprint density at radius 2 is 2.29 bits per heavy atom. The number of halogens is 1. The summed E-state index contributed by atoms with van der Waals surface area (Å²) in [5.74, 6) is -0.111. The number of hydrogen-bond acceptors (Lipinski definition) is 4. The minimum absolute atomic E-state index is 0.223. The van der Waals surface area contributed by atoms with E-state index in [0.717, 1.165) is 11.3 Å². The number of rotatable bonds is 2. The summed E-state index contributed by atoms with van der Waals surface area (Å²) < 4.78 is 0.533. The molecule has 0 aliphatic carbocycles. The molecular formula is C10H8ClN3O2S. The number of H-pyrrole nitrogens is 1. The average molecular weight is 270 g/mol. The SMILES string of the molecule is Cc1cc(NC(=O)c2ccc(Cl)s2)nc(=O)[nH]1. The lowest BCUT2D eigenvalue weighted by Gasteiger charge is -2.02. The molecule has 2 aromatic heterocycles. The molecule has 0 saturated heterocycles. The lowest BCUT2D eigenvalue weighted by molar-refractivity contribution is 0.103. The Labute approximate surface area is 105 Å². The van der Waals surface area contributed by atoms with Gasteiger partial charge in [-0.2, -0.15) is 4.98 Å². The van der Waals surface area contributed by atoms with E-state index in [4.69, 9.17) is 11.6 Å². The maximum Gasteiger partial charge on any atom is 0.347 e. The van der Waals surface area contributed by atoms with E-state index in [1.807, 2.05) is 0 Å². The van der Waals surface area contributed by atoms with E-state index in [1.54, 1.807) is 25.1 Å². The van der Waals surface area contributed by atoms with Crippen molar-refractivity contribution in [3.63, 3.8) is 0 Å². The molecule has 0 aromatic carbocycles. The van der Waals surface area contributed by atoms with E-state index in [-0.39, 0.29) is 11.7 Å². The summed E-state index contributed by atoms with van der Waals surface area (Å²) in [5.41, 5.74) is 0.133. The first-order chi connectivity index (χ1) is 8.04. The molecule has 0 aliphatic heterocycles. The van der Waals surface area contributed by atoms with Gasteiger partial charge in [0.2, 0.25) is 0 Å². The van der Waals surface area contributed by atoms with Crippen molar-refractivity contribution < 1.29 is 4.79 Å². The van der Waals surface area contributed by atoms with Crippen LogP contribution in [0.2, 0.25) is 4.34 Å². The van der Waals surface area contributed by atoms with E-state index >= 15 is 0 Å². The molecule has 0 atom stereocenters. The third-order valence-corrected chi connectivity index (χ3v) is 3.15. The molecule has 0 unspecified atom stereocenters. The highest BCUT2D eigenvalue weighted by Gasteiger charge is 2.10. The van der Waals surface area contributed by atoms with Gasteiger partial charge in [-0.15, -0.1) is 11.3 Å². The Kier molecular flexibility index (Phi) is 3.26. The van der Waals surface area contributed by atoms with Crippen LogP contribution in [0, 0.1) is 6.92 Å². The van der Waals surface area contributed by atoms with Crippen molar-refractivity contribution in [2.75, 3.05) is 5.32 Å². The van der Waals surface area contributed by atoms with Crippen LogP contribution in [-0.4, -0.2) is 15.9 Å². The normalized spacial score (nSPS) is 10.2. The number of carbonyl (C=O) groups excluding carboxylic acids is 1. The monoisotopic (exact) mass is 269 g/mol. The zero-order chi connectivity index (χ0) is 12.4. The van der Waals surface area contributed by atoms with Crippen LogP contribution in [0.5, 0.6) is 0 Å². The highest BCUT2D eigenvalue weighted by molar-refractivity contribution is 7.18. The van der Waals surface area contributed by atoms with Crippen LogP contribution < -0.4 is 11.0 Å². The van der Waals surface area contributed by atoms with Gasteiger partial charge in [-0.3, -0.25) is 4.79 Å². The number of anilines is 1. The maximum absolute atomic E-state index is 11.7. The third-order valence-electron chi connectivity index (χ3n) is 1.92. The van der Waals surface area contributed by atoms with Crippen LogP contribution in [0.15, 0.2) is 23.0 Å². The summed E-state index contributed by atoms with van der Waals surface area (Å²) in [5, 5.41) is 2.53. The summed E-state index contributed by atoms with van der Waals surface area (Å²) in [4.78, 5) is 29.4. The number of carbonyl (C=O) groups is 1. The number of aromatic amines is 1. The van der Waals surface area contributed by atoms with Crippen molar-refractivity contribution in [3.05, 3.63) is 43.6 Å². The molecule has 88 valence electrons. The van der Waals surface area contributed by atoms with Gasteiger partial charge in [0, 0.05) is 11.8 Å². The van der Waals surface area contributed by atoms with Gasteiger partial charge >= 0.3 is 5.69 Å². The molecule has 0 aliphatic rings. The average Bonchev–Trinajstić information content (AvgIpc) is 2.63. The fourth-order valence-electron chi connectivity index (χ4n) is 1.26. The molecule has 1 amide bonds. The van der Waals surface area contributed by atoms with Gasteiger partial charge in [0.15, 0.2) is 0 Å². The van der Waals surface area contributed by atoms with Crippen LogP contribution in [-0.2, 0) is 0 Å². The van der Waals surface area contributed by atoms with Crippen LogP contribution in [0.1, 0.15) is 15.4 Å². The molecule has 5 nitrogen and oxygen atoms in total. The van der Waals surface area contributed by atoms with Crippen molar-refractivity contribution in [2.24, 2.45) is 0 Å². The van der Waals surface area contributed by atoms with Gasteiger partial charge in [-0.25, -0.2) is 4.79 Å². The lowest BCUT2D eigenvalue weighted by atomic mass is 10.4. The highest BCUT2D eigenvalue weighted by Crippen LogP contribution is 2.21. The molecule has 2 rings (SSSR count). The Morgan fingerprint density at radius 1 is 1.53 bits per heavy atom. The van der Waals surface area contributed by atoms with Gasteiger partial charge in [-0.1, -0.05) is 11.6 Å². The standard InChI is InChI=1S/C10H8ClN3O2S/c1-5-4-8(14-10(16)12-5)13-9(15)6-2-3-7(11)17-6/h2-4H,1H3,(H2,12,13,14,15,16). The minimum Gasteiger partial charge on any atom is -0.310 e. The molecule has 0 saturated carbocycles. The first-order valence-corrected chi connectivity index (χ1v) is 5.89. The zero-order valence-corrected chi connectivity index (χ0v) is 10.4. The smallest absolute Gasteiger partial charge is 0.310 e. The number of nitrogens with zero attached hydrogens (tertiary/aromatic N) is 1. The molecule has 17 heavy (non-hydrogen) atoms. The molecule has 7 heteroatoms. The number of amides is 1. The van der Waals surface area contributed by atoms with Gasteiger partial charge < -0.3 is 10.3 Å². The predicted molar refractivity (Wildman–Crippen MR) is 66.9 cm³/mol. The van der Waals surface area contributed by atoms with Crippen molar-refractivity contribution in [1.82, 2.24) is 9.97 Å². The van der Waals surface area contributed by atoms with Gasteiger partial charge in [0.05, 0.1) is 9.21 Å². The van der Waals surface area contributed by atoms with Crippen LogP contribution in [0.25, 0.3) is 0 Å². The van der Waals surface area contributed by atoms with Crippen molar-refractivity contribution in [2.45, 2.75) is 6.92 Å². The molecule has 0 radical (unpaired) electrons. The summed E-state index contributed by atoms with van der Waals surface area (Å²) >= 11 is 6.89. The molecule has 2 N–H and O–H groups in total. The van der Waals surface area contributed by atoms with Crippen molar-refractivity contribution in [3.8, 4) is 0 Å².